The third-order valence-corrected chi connectivity index (χ3v) is 4.37. The fraction of sp³-hybridized carbons (Fsp3) is 0.0625. The Balaban J connectivity index is 2.24. The van der Waals surface area contributed by atoms with Crippen molar-refractivity contribution in [2.75, 3.05) is 5.73 Å². The lowest BCUT2D eigenvalue weighted by Gasteiger charge is -2.06. The first-order valence-electron chi connectivity index (χ1n) is 6.34. The Morgan fingerprint density at radius 3 is 2.76 bits per heavy atom. The molecule has 0 fully saturated rings. The molecule has 1 aromatic heterocycles. The van der Waals surface area contributed by atoms with E-state index in [4.69, 9.17) is 21.9 Å². The molecule has 0 aliphatic heterocycles. The van der Waals surface area contributed by atoms with E-state index in [1.165, 1.54) is 0 Å². The van der Waals surface area contributed by atoms with Gasteiger partial charge in [0.25, 0.3) is 0 Å². The number of benzene rings is 2. The van der Waals surface area contributed by atoms with Gasteiger partial charge in [-0.1, -0.05) is 46.6 Å². The number of rotatable bonds is 2. The van der Waals surface area contributed by atoms with Crippen LogP contribution < -0.4 is 5.73 Å². The molecule has 0 aliphatic carbocycles. The van der Waals surface area contributed by atoms with Gasteiger partial charge in [0, 0.05) is 14.2 Å². The van der Waals surface area contributed by atoms with Gasteiger partial charge in [-0.05, 0) is 53.3 Å². The first-order valence-corrected chi connectivity index (χ1v) is 7.79. The van der Waals surface area contributed by atoms with Crippen LogP contribution in [0.2, 0.25) is 5.02 Å². The van der Waals surface area contributed by atoms with Crippen molar-refractivity contribution in [2.45, 2.75) is 6.92 Å². The van der Waals surface area contributed by atoms with Crippen molar-refractivity contribution in [2.24, 2.45) is 0 Å². The number of nitrogens with zero attached hydrogens (tertiary/aromatic N) is 1. The molecule has 0 saturated heterocycles. The normalized spacial score (nSPS) is 10.8. The minimum atomic E-state index is 0.381. The highest BCUT2D eigenvalue weighted by molar-refractivity contribution is 14.1. The first-order chi connectivity index (χ1) is 10.1. The van der Waals surface area contributed by atoms with Crippen molar-refractivity contribution in [1.29, 1.82) is 0 Å². The molecule has 0 atom stereocenters. The third-order valence-electron chi connectivity index (χ3n) is 3.20. The molecule has 3 nitrogen and oxygen atoms in total. The van der Waals surface area contributed by atoms with Crippen LogP contribution in [0.15, 0.2) is 47.0 Å². The smallest absolute Gasteiger partial charge is 0.178 e. The lowest BCUT2D eigenvalue weighted by atomic mass is 10.00. The summed E-state index contributed by atoms with van der Waals surface area (Å²) in [6.45, 7) is 2.04. The molecule has 0 saturated carbocycles. The summed E-state index contributed by atoms with van der Waals surface area (Å²) in [5.41, 5.74) is 9.84. The van der Waals surface area contributed by atoms with E-state index in [1.807, 2.05) is 43.3 Å². The van der Waals surface area contributed by atoms with Crippen molar-refractivity contribution in [3.8, 4) is 22.5 Å². The van der Waals surface area contributed by atoms with Crippen molar-refractivity contribution in [3.63, 3.8) is 0 Å². The topological polar surface area (TPSA) is 52.0 Å². The maximum atomic E-state index is 6.10. The number of halogens is 2. The summed E-state index contributed by atoms with van der Waals surface area (Å²) in [5.74, 6) is 1.02. The van der Waals surface area contributed by atoms with Crippen LogP contribution in [0.4, 0.5) is 5.82 Å². The van der Waals surface area contributed by atoms with E-state index in [0.717, 1.165) is 25.8 Å². The largest absolute Gasteiger partial charge is 0.380 e. The number of nitrogen functional groups attached to an aromatic ring is 1. The fourth-order valence-electron chi connectivity index (χ4n) is 2.24. The number of hydrogen-bond acceptors (Lipinski definition) is 3. The highest BCUT2D eigenvalue weighted by Crippen LogP contribution is 2.39. The average molecular weight is 411 g/mol. The van der Waals surface area contributed by atoms with Crippen LogP contribution in [0, 0.1) is 10.5 Å². The Bertz CT molecular complexity index is 814. The zero-order valence-electron chi connectivity index (χ0n) is 11.2. The van der Waals surface area contributed by atoms with Crippen molar-refractivity contribution in [1.82, 2.24) is 5.16 Å². The lowest BCUT2D eigenvalue weighted by Crippen LogP contribution is -1.90. The van der Waals surface area contributed by atoms with Crippen molar-refractivity contribution < 1.29 is 4.52 Å². The molecule has 1 heterocycles. The number of anilines is 1. The second-order valence-electron chi connectivity index (χ2n) is 4.77. The molecule has 0 bridgehead atoms. The van der Waals surface area contributed by atoms with Crippen molar-refractivity contribution >= 4 is 40.0 Å². The molecule has 0 radical (unpaired) electrons. The average Bonchev–Trinajstić information content (AvgIpc) is 2.83. The Hall–Kier alpha value is -1.53. The summed E-state index contributed by atoms with van der Waals surface area (Å²) in [6, 6.07) is 13.7. The van der Waals surface area contributed by atoms with E-state index in [9.17, 15) is 0 Å². The maximum Gasteiger partial charge on any atom is 0.178 e. The number of nitrogens with two attached hydrogens (primary N) is 1. The van der Waals surface area contributed by atoms with Crippen LogP contribution in [0.25, 0.3) is 22.5 Å². The first kappa shape index (κ1) is 14.4. The van der Waals surface area contributed by atoms with Crippen LogP contribution in [0.3, 0.4) is 0 Å². The molecule has 106 valence electrons. The van der Waals surface area contributed by atoms with Gasteiger partial charge in [-0.25, -0.2) is 0 Å². The van der Waals surface area contributed by atoms with Gasteiger partial charge in [-0.15, -0.1) is 0 Å². The number of aryl methyl sites for hydroxylation is 1. The van der Waals surface area contributed by atoms with Gasteiger partial charge in [-0.3, -0.25) is 0 Å². The van der Waals surface area contributed by atoms with Crippen molar-refractivity contribution in [3.05, 3.63) is 56.6 Å². The predicted octanol–water partition coefficient (Wildman–Crippen LogP) is 5.16. The molecule has 2 aromatic carbocycles. The van der Waals surface area contributed by atoms with Gasteiger partial charge in [0.2, 0.25) is 0 Å². The van der Waals surface area contributed by atoms with Gasteiger partial charge < -0.3 is 10.3 Å². The molecular weight excluding hydrogens is 399 g/mol. The molecule has 0 unspecified atom stereocenters. The van der Waals surface area contributed by atoms with Crippen LogP contribution >= 0.6 is 34.2 Å². The quantitative estimate of drug-likeness (QED) is 0.594. The van der Waals surface area contributed by atoms with Gasteiger partial charge in [0.05, 0.1) is 5.56 Å². The predicted molar refractivity (Wildman–Crippen MR) is 94.3 cm³/mol. The van der Waals surface area contributed by atoms with E-state index in [2.05, 4.69) is 33.8 Å². The van der Waals surface area contributed by atoms with E-state index >= 15 is 0 Å². The summed E-state index contributed by atoms with van der Waals surface area (Å²) in [4.78, 5) is 0. The van der Waals surface area contributed by atoms with Gasteiger partial charge >= 0.3 is 0 Å². The van der Waals surface area contributed by atoms with E-state index in [0.29, 0.717) is 16.6 Å². The Labute approximate surface area is 141 Å². The van der Waals surface area contributed by atoms with E-state index < -0.39 is 0 Å². The summed E-state index contributed by atoms with van der Waals surface area (Å²) in [6.07, 6.45) is 0. The number of aromatic nitrogens is 1. The zero-order chi connectivity index (χ0) is 15.0. The minimum Gasteiger partial charge on any atom is -0.380 e. The molecular formula is C16H12ClIN2O. The maximum absolute atomic E-state index is 6.10. The SMILES string of the molecule is Cc1cccc(-c2c(N)noc2-c2cc(Cl)ccc2I)c1. The summed E-state index contributed by atoms with van der Waals surface area (Å²) in [7, 11) is 0. The molecule has 0 amide bonds. The highest BCUT2D eigenvalue weighted by atomic mass is 127. The Morgan fingerprint density at radius 2 is 2.00 bits per heavy atom. The zero-order valence-corrected chi connectivity index (χ0v) is 14.1. The standard InChI is InChI=1S/C16H12ClIN2O/c1-9-3-2-4-10(7-9)14-15(21-20-16(14)19)12-8-11(17)5-6-13(12)18/h2-8H,1H3,(H2,19,20). The molecule has 0 spiro atoms. The van der Waals surface area contributed by atoms with E-state index in [1.54, 1.807) is 0 Å². The molecule has 3 aromatic rings. The minimum absolute atomic E-state index is 0.381. The second-order valence-corrected chi connectivity index (χ2v) is 6.36. The van der Waals surface area contributed by atoms with Gasteiger partial charge in [0.15, 0.2) is 11.6 Å². The van der Waals surface area contributed by atoms with Gasteiger partial charge in [-0.2, -0.15) is 0 Å². The molecule has 21 heavy (non-hydrogen) atoms. The van der Waals surface area contributed by atoms with Crippen LogP contribution in [-0.2, 0) is 0 Å². The summed E-state index contributed by atoms with van der Waals surface area (Å²) < 4.78 is 6.50. The molecule has 0 aliphatic rings. The third kappa shape index (κ3) is 2.78. The summed E-state index contributed by atoms with van der Waals surface area (Å²) >= 11 is 8.35. The lowest BCUT2D eigenvalue weighted by molar-refractivity contribution is 0.436. The Morgan fingerprint density at radius 1 is 1.19 bits per heavy atom. The Kier molecular flexibility index (Phi) is 3.91. The van der Waals surface area contributed by atoms with Gasteiger partial charge in [0.1, 0.15) is 0 Å². The monoisotopic (exact) mass is 410 g/mol. The fourth-order valence-corrected chi connectivity index (χ4v) is 2.99. The van der Waals surface area contributed by atoms with Crippen LogP contribution in [0.5, 0.6) is 0 Å². The van der Waals surface area contributed by atoms with E-state index in [-0.39, 0.29) is 0 Å². The van der Waals surface area contributed by atoms with Crippen LogP contribution in [-0.4, -0.2) is 5.16 Å². The molecule has 2 N–H and O–H groups in total. The molecule has 5 heteroatoms. The second kappa shape index (κ2) is 5.69. The highest BCUT2D eigenvalue weighted by Gasteiger charge is 2.19. The van der Waals surface area contributed by atoms with Crippen LogP contribution in [0.1, 0.15) is 5.56 Å². The molecule has 3 rings (SSSR count). The number of hydrogen-bond donors (Lipinski definition) is 1. The summed E-state index contributed by atoms with van der Waals surface area (Å²) in [5, 5.41) is 4.57.